The first kappa shape index (κ1) is 16.3. The van der Waals surface area contributed by atoms with Gasteiger partial charge in [-0.3, -0.25) is 4.79 Å². The highest BCUT2D eigenvalue weighted by atomic mass is 16.1. The van der Waals surface area contributed by atoms with E-state index in [1.165, 1.54) is 5.56 Å². The smallest absolute Gasteiger partial charge is 0.274 e. The van der Waals surface area contributed by atoms with Crippen LogP contribution in [0.15, 0.2) is 41.2 Å². The van der Waals surface area contributed by atoms with Crippen molar-refractivity contribution in [1.29, 1.82) is 0 Å². The molecule has 0 aliphatic heterocycles. The molecule has 3 heteroatoms. The molecule has 0 aliphatic carbocycles. The highest BCUT2D eigenvalue weighted by molar-refractivity contribution is 5.62. The van der Waals surface area contributed by atoms with Gasteiger partial charge in [-0.2, -0.15) is 0 Å². The average molecular weight is 298 g/mol. The molecule has 0 fully saturated rings. The van der Waals surface area contributed by atoms with Crippen LogP contribution in [-0.4, -0.2) is 4.57 Å². The van der Waals surface area contributed by atoms with Crippen molar-refractivity contribution in [2.24, 2.45) is 0 Å². The van der Waals surface area contributed by atoms with Crippen LogP contribution in [0.2, 0.25) is 0 Å². The van der Waals surface area contributed by atoms with Crippen molar-refractivity contribution in [2.75, 3.05) is 5.73 Å². The Hall–Kier alpha value is -2.03. The first-order valence-electron chi connectivity index (χ1n) is 8.14. The summed E-state index contributed by atoms with van der Waals surface area (Å²) in [4.78, 5) is 12.4. The van der Waals surface area contributed by atoms with E-state index in [1.807, 2.05) is 10.6 Å². The lowest BCUT2D eigenvalue weighted by molar-refractivity contribution is 0.593. The van der Waals surface area contributed by atoms with Crippen LogP contribution < -0.4 is 11.3 Å². The van der Waals surface area contributed by atoms with Crippen LogP contribution in [-0.2, 0) is 6.54 Å². The number of anilines is 1. The van der Waals surface area contributed by atoms with Crippen molar-refractivity contribution in [3.05, 3.63) is 52.3 Å². The molecular formula is C19H26N2O. The maximum atomic E-state index is 12.4. The molecule has 3 nitrogen and oxygen atoms in total. The maximum Gasteiger partial charge on any atom is 0.274 e. The minimum absolute atomic E-state index is 0.0819. The standard InChI is InChI=1S/C19H26N2O/c1-4-5-6-13-21-18(12-11-17(20)19(21)22)16-9-7-15(8-10-16)14(2)3/h7-12,14H,4-6,13,20H2,1-3H3. The Kier molecular flexibility index (Phi) is 5.42. The van der Waals surface area contributed by atoms with Gasteiger partial charge in [-0.05, 0) is 35.6 Å². The van der Waals surface area contributed by atoms with Crippen LogP contribution in [0.1, 0.15) is 51.5 Å². The Morgan fingerprint density at radius 3 is 2.32 bits per heavy atom. The summed E-state index contributed by atoms with van der Waals surface area (Å²) in [6, 6.07) is 12.1. The molecule has 1 aromatic carbocycles. The van der Waals surface area contributed by atoms with Gasteiger partial charge in [0, 0.05) is 6.54 Å². The normalized spacial score (nSPS) is 11.1. The highest BCUT2D eigenvalue weighted by Crippen LogP contribution is 2.23. The highest BCUT2D eigenvalue weighted by Gasteiger charge is 2.09. The van der Waals surface area contributed by atoms with Crippen LogP contribution in [0, 0.1) is 0 Å². The minimum Gasteiger partial charge on any atom is -0.394 e. The molecular weight excluding hydrogens is 272 g/mol. The monoisotopic (exact) mass is 298 g/mol. The van der Waals surface area contributed by atoms with Gasteiger partial charge >= 0.3 is 0 Å². The van der Waals surface area contributed by atoms with E-state index in [4.69, 9.17) is 5.73 Å². The third-order valence-electron chi connectivity index (χ3n) is 4.06. The molecule has 0 aliphatic rings. The quantitative estimate of drug-likeness (QED) is 0.803. The van der Waals surface area contributed by atoms with Crippen molar-refractivity contribution in [3.8, 4) is 11.3 Å². The molecule has 0 atom stereocenters. The van der Waals surface area contributed by atoms with Gasteiger partial charge in [-0.25, -0.2) is 0 Å². The number of unbranched alkanes of at least 4 members (excludes halogenated alkanes) is 2. The zero-order valence-electron chi connectivity index (χ0n) is 13.8. The molecule has 2 rings (SSSR count). The summed E-state index contributed by atoms with van der Waals surface area (Å²) < 4.78 is 1.81. The second-order valence-corrected chi connectivity index (χ2v) is 6.11. The van der Waals surface area contributed by atoms with Crippen LogP contribution in [0.25, 0.3) is 11.3 Å². The summed E-state index contributed by atoms with van der Waals surface area (Å²) in [7, 11) is 0. The fourth-order valence-electron chi connectivity index (χ4n) is 2.63. The Labute approximate surface area is 132 Å². The molecule has 0 spiro atoms. The number of pyridine rings is 1. The molecule has 1 heterocycles. The summed E-state index contributed by atoms with van der Waals surface area (Å²) in [6.45, 7) is 7.24. The minimum atomic E-state index is -0.0819. The number of nitrogens with zero attached hydrogens (tertiary/aromatic N) is 1. The van der Waals surface area contributed by atoms with Gasteiger partial charge in [-0.15, -0.1) is 0 Å². The van der Waals surface area contributed by atoms with Crippen LogP contribution >= 0.6 is 0 Å². The predicted octanol–water partition coefficient (Wildman–Crippen LogP) is 4.41. The van der Waals surface area contributed by atoms with Crippen LogP contribution in [0.5, 0.6) is 0 Å². The van der Waals surface area contributed by atoms with Gasteiger partial charge in [0.1, 0.15) is 0 Å². The summed E-state index contributed by atoms with van der Waals surface area (Å²) in [6.07, 6.45) is 3.25. The number of nitrogens with two attached hydrogens (primary N) is 1. The second kappa shape index (κ2) is 7.30. The molecule has 0 amide bonds. The van der Waals surface area contributed by atoms with E-state index in [9.17, 15) is 4.79 Å². The maximum absolute atomic E-state index is 12.4. The number of nitrogen functional groups attached to an aromatic ring is 1. The van der Waals surface area contributed by atoms with Crippen LogP contribution in [0.3, 0.4) is 0 Å². The van der Waals surface area contributed by atoms with E-state index in [2.05, 4.69) is 45.0 Å². The lowest BCUT2D eigenvalue weighted by Crippen LogP contribution is -2.24. The van der Waals surface area contributed by atoms with Gasteiger partial charge in [0.05, 0.1) is 11.4 Å². The van der Waals surface area contributed by atoms with Gasteiger partial charge in [-0.1, -0.05) is 57.9 Å². The van der Waals surface area contributed by atoms with Crippen molar-refractivity contribution in [3.63, 3.8) is 0 Å². The molecule has 118 valence electrons. The first-order chi connectivity index (χ1) is 10.5. The Bertz CT molecular complexity index is 669. The third-order valence-corrected chi connectivity index (χ3v) is 4.06. The molecule has 0 radical (unpaired) electrons. The van der Waals surface area contributed by atoms with Crippen LogP contribution in [0.4, 0.5) is 5.69 Å². The van der Waals surface area contributed by atoms with Crippen molar-refractivity contribution in [1.82, 2.24) is 4.57 Å². The summed E-state index contributed by atoms with van der Waals surface area (Å²) in [5.74, 6) is 0.507. The topological polar surface area (TPSA) is 48.0 Å². The van der Waals surface area contributed by atoms with Gasteiger partial charge < -0.3 is 10.3 Å². The lowest BCUT2D eigenvalue weighted by atomic mass is 10.0. The summed E-state index contributed by atoms with van der Waals surface area (Å²) in [5.41, 5.74) is 9.36. The molecule has 22 heavy (non-hydrogen) atoms. The first-order valence-corrected chi connectivity index (χ1v) is 8.14. The summed E-state index contributed by atoms with van der Waals surface area (Å²) >= 11 is 0. The predicted molar refractivity (Wildman–Crippen MR) is 94.2 cm³/mol. The van der Waals surface area contributed by atoms with E-state index in [0.29, 0.717) is 11.6 Å². The lowest BCUT2D eigenvalue weighted by Gasteiger charge is -2.14. The second-order valence-electron chi connectivity index (χ2n) is 6.11. The number of hydrogen-bond acceptors (Lipinski definition) is 2. The van der Waals surface area contributed by atoms with E-state index in [1.54, 1.807) is 6.07 Å². The van der Waals surface area contributed by atoms with E-state index >= 15 is 0 Å². The zero-order chi connectivity index (χ0) is 16.1. The number of aromatic nitrogens is 1. The van der Waals surface area contributed by atoms with E-state index in [-0.39, 0.29) is 5.56 Å². The Balaban J connectivity index is 2.41. The fraction of sp³-hybridized carbons (Fsp3) is 0.421. The Morgan fingerprint density at radius 2 is 1.73 bits per heavy atom. The fourth-order valence-corrected chi connectivity index (χ4v) is 2.63. The largest absolute Gasteiger partial charge is 0.394 e. The molecule has 0 saturated heterocycles. The van der Waals surface area contributed by atoms with E-state index < -0.39 is 0 Å². The Morgan fingerprint density at radius 1 is 1.05 bits per heavy atom. The molecule has 2 N–H and O–H groups in total. The van der Waals surface area contributed by atoms with Gasteiger partial charge in [0.25, 0.3) is 5.56 Å². The third kappa shape index (κ3) is 3.59. The molecule has 0 bridgehead atoms. The SMILES string of the molecule is CCCCCn1c(-c2ccc(C(C)C)cc2)ccc(N)c1=O. The number of rotatable bonds is 6. The summed E-state index contributed by atoms with van der Waals surface area (Å²) in [5, 5.41) is 0. The van der Waals surface area contributed by atoms with E-state index in [0.717, 1.165) is 37.1 Å². The van der Waals surface area contributed by atoms with Crippen molar-refractivity contribution in [2.45, 2.75) is 52.5 Å². The van der Waals surface area contributed by atoms with Gasteiger partial charge in [0.2, 0.25) is 0 Å². The van der Waals surface area contributed by atoms with Crippen molar-refractivity contribution >= 4 is 5.69 Å². The number of benzene rings is 1. The molecule has 1 aromatic heterocycles. The number of hydrogen-bond donors (Lipinski definition) is 1. The van der Waals surface area contributed by atoms with Gasteiger partial charge in [0.15, 0.2) is 0 Å². The molecule has 0 saturated carbocycles. The molecule has 0 unspecified atom stereocenters. The zero-order valence-corrected chi connectivity index (χ0v) is 13.8. The van der Waals surface area contributed by atoms with Crippen molar-refractivity contribution < 1.29 is 0 Å². The molecule has 2 aromatic rings. The average Bonchev–Trinajstić information content (AvgIpc) is 2.52.